The Morgan fingerprint density at radius 2 is 2.24 bits per heavy atom. The lowest BCUT2D eigenvalue weighted by Crippen LogP contribution is -2.51. The van der Waals surface area contributed by atoms with Crippen LogP contribution in [0, 0.1) is 11.3 Å². The lowest BCUT2D eigenvalue weighted by Gasteiger charge is -2.40. The fraction of sp³-hybridized carbons (Fsp3) is 1.00. The summed E-state index contributed by atoms with van der Waals surface area (Å²) in [5, 5.41) is 3.67. The second-order valence-corrected chi connectivity index (χ2v) is 7.80. The summed E-state index contributed by atoms with van der Waals surface area (Å²) in [6.07, 6.45) is 3.88. The van der Waals surface area contributed by atoms with Gasteiger partial charge in [-0.2, -0.15) is 0 Å². The molecule has 0 aliphatic carbocycles. The molecule has 0 aromatic heterocycles. The van der Waals surface area contributed by atoms with Crippen molar-refractivity contribution in [3.8, 4) is 0 Å². The summed E-state index contributed by atoms with van der Waals surface area (Å²) in [4.78, 5) is 5.07. The van der Waals surface area contributed by atoms with Crippen LogP contribution in [-0.2, 0) is 4.74 Å². The van der Waals surface area contributed by atoms with Crippen LogP contribution in [0.4, 0.5) is 0 Å². The van der Waals surface area contributed by atoms with Crippen molar-refractivity contribution in [2.75, 3.05) is 60.0 Å². The monoisotopic (exact) mass is 297 g/mol. The van der Waals surface area contributed by atoms with Gasteiger partial charge in [0.2, 0.25) is 0 Å². The number of nitrogens with one attached hydrogen (secondary N) is 1. The highest BCUT2D eigenvalue weighted by atomic mass is 16.5. The second-order valence-electron chi connectivity index (χ2n) is 7.80. The zero-order valence-electron chi connectivity index (χ0n) is 14.5. The van der Waals surface area contributed by atoms with Crippen molar-refractivity contribution in [3.63, 3.8) is 0 Å². The van der Waals surface area contributed by atoms with Crippen molar-refractivity contribution < 1.29 is 4.74 Å². The molecule has 2 saturated heterocycles. The first-order valence-corrected chi connectivity index (χ1v) is 8.68. The fourth-order valence-corrected chi connectivity index (χ4v) is 3.75. The van der Waals surface area contributed by atoms with Gasteiger partial charge in [-0.25, -0.2) is 0 Å². The summed E-state index contributed by atoms with van der Waals surface area (Å²) >= 11 is 0. The van der Waals surface area contributed by atoms with Crippen LogP contribution in [0.25, 0.3) is 0 Å². The van der Waals surface area contributed by atoms with Gasteiger partial charge in [0.25, 0.3) is 0 Å². The van der Waals surface area contributed by atoms with Crippen LogP contribution >= 0.6 is 0 Å². The zero-order valence-corrected chi connectivity index (χ0v) is 14.5. The van der Waals surface area contributed by atoms with Crippen LogP contribution in [-0.4, -0.2) is 75.9 Å². The number of piperidine rings is 1. The predicted octanol–water partition coefficient (Wildman–Crippen LogP) is 1.66. The largest absolute Gasteiger partial charge is 0.381 e. The molecule has 2 atom stereocenters. The van der Waals surface area contributed by atoms with E-state index in [-0.39, 0.29) is 0 Å². The molecule has 0 aromatic carbocycles. The van der Waals surface area contributed by atoms with Gasteiger partial charge in [0.15, 0.2) is 0 Å². The van der Waals surface area contributed by atoms with Crippen LogP contribution < -0.4 is 5.32 Å². The summed E-state index contributed by atoms with van der Waals surface area (Å²) in [7, 11) is 4.56. The Hall–Kier alpha value is -0.160. The molecule has 4 heteroatoms. The highest BCUT2D eigenvalue weighted by molar-refractivity contribution is 4.90. The first kappa shape index (κ1) is 17.2. The molecule has 0 radical (unpaired) electrons. The third-order valence-electron chi connectivity index (χ3n) is 5.05. The molecule has 2 aliphatic heterocycles. The number of rotatable bonds is 7. The van der Waals surface area contributed by atoms with E-state index in [2.05, 4.69) is 43.1 Å². The molecule has 21 heavy (non-hydrogen) atoms. The van der Waals surface area contributed by atoms with E-state index in [4.69, 9.17) is 4.74 Å². The van der Waals surface area contributed by atoms with Gasteiger partial charge in [0, 0.05) is 37.7 Å². The maximum atomic E-state index is 5.75. The molecule has 0 spiro atoms. The third kappa shape index (κ3) is 5.20. The Kier molecular flexibility index (Phi) is 6.48. The Balaban J connectivity index is 1.86. The van der Waals surface area contributed by atoms with Crippen molar-refractivity contribution in [1.29, 1.82) is 0 Å². The summed E-state index contributed by atoms with van der Waals surface area (Å²) < 4.78 is 5.75. The molecule has 2 unspecified atom stereocenters. The molecular weight excluding hydrogens is 262 g/mol. The second kappa shape index (κ2) is 7.91. The van der Waals surface area contributed by atoms with E-state index < -0.39 is 0 Å². The van der Waals surface area contributed by atoms with Gasteiger partial charge in [0.1, 0.15) is 0 Å². The highest BCUT2D eigenvalue weighted by Crippen LogP contribution is 2.30. The lowest BCUT2D eigenvalue weighted by molar-refractivity contribution is 0.0725. The molecular formula is C17H35N3O. The highest BCUT2D eigenvalue weighted by Gasteiger charge is 2.37. The number of likely N-dealkylation sites (N-methyl/N-ethyl adjacent to an activating group) is 2. The Morgan fingerprint density at radius 1 is 1.43 bits per heavy atom. The van der Waals surface area contributed by atoms with Crippen molar-refractivity contribution in [3.05, 3.63) is 0 Å². The van der Waals surface area contributed by atoms with Gasteiger partial charge in [-0.3, -0.25) is 0 Å². The van der Waals surface area contributed by atoms with E-state index in [0.717, 1.165) is 32.8 Å². The third-order valence-corrected chi connectivity index (χ3v) is 5.05. The van der Waals surface area contributed by atoms with Crippen LogP contribution in [0.2, 0.25) is 0 Å². The van der Waals surface area contributed by atoms with Crippen molar-refractivity contribution >= 4 is 0 Å². The van der Waals surface area contributed by atoms with E-state index in [1.54, 1.807) is 0 Å². The minimum atomic E-state index is 0.319. The summed E-state index contributed by atoms with van der Waals surface area (Å²) in [6.45, 7) is 12.2. The SMILES string of the molecule is CC(C)CNCC1(CN(C)C2CCCN(C)C2)CCOC1. The van der Waals surface area contributed by atoms with Crippen LogP contribution in [0.5, 0.6) is 0 Å². The molecule has 2 aliphatic rings. The average Bonchev–Trinajstić information content (AvgIpc) is 2.87. The normalized spacial score (nSPS) is 31.4. The van der Waals surface area contributed by atoms with Crippen LogP contribution in [0.1, 0.15) is 33.1 Å². The standard InChI is InChI=1S/C17H35N3O/c1-15(2)10-18-12-17(7-9-21-14-17)13-20(4)16-6-5-8-19(3)11-16/h15-16,18H,5-14H2,1-4H3. The molecule has 0 aromatic rings. The maximum Gasteiger partial charge on any atom is 0.0547 e. The molecule has 124 valence electrons. The summed E-state index contributed by atoms with van der Waals surface area (Å²) in [5.41, 5.74) is 0.319. The summed E-state index contributed by atoms with van der Waals surface area (Å²) in [6, 6.07) is 0.714. The van der Waals surface area contributed by atoms with Gasteiger partial charge in [-0.05, 0) is 52.4 Å². The van der Waals surface area contributed by atoms with E-state index in [1.807, 2.05) is 0 Å². The Bertz CT molecular complexity index is 302. The van der Waals surface area contributed by atoms with E-state index in [0.29, 0.717) is 17.4 Å². The van der Waals surface area contributed by atoms with Crippen molar-refractivity contribution in [1.82, 2.24) is 15.1 Å². The molecule has 1 N–H and O–H groups in total. The van der Waals surface area contributed by atoms with Gasteiger partial charge in [0.05, 0.1) is 6.61 Å². The van der Waals surface area contributed by atoms with Gasteiger partial charge >= 0.3 is 0 Å². The molecule has 4 nitrogen and oxygen atoms in total. The van der Waals surface area contributed by atoms with Gasteiger partial charge in [-0.1, -0.05) is 13.8 Å². The predicted molar refractivity (Wildman–Crippen MR) is 88.7 cm³/mol. The number of nitrogens with zero attached hydrogens (tertiary/aromatic N) is 2. The number of likely N-dealkylation sites (tertiary alicyclic amines) is 1. The number of hydrogen-bond acceptors (Lipinski definition) is 4. The smallest absolute Gasteiger partial charge is 0.0547 e. The van der Waals surface area contributed by atoms with Crippen LogP contribution in [0.15, 0.2) is 0 Å². The number of ether oxygens (including phenoxy) is 1. The molecule has 2 rings (SSSR count). The zero-order chi connectivity index (χ0) is 15.3. The topological polar surface area (TPSA) is 27.7 Å². The Morgan fingerprint density at radius 3 is 2.86 bits per heavy atom. The van der Waals surface area contributed by atoms with Crippen LogP contribution in [0.3, 0.4) is 0 Å². The molecule has 0 bridgehead atoms. The average molecular weight is 297 g/mol. The molecule has 0 amide bonds. The van der Waals surface area contributed by atoms with E-state index in [1.165, 1.54) is 32.4 Å². The van der Waals surface area contributed by atoms with Crippen molar-refractivity contribution in [2.24, 2.45) is 11.3 Å². The Labute approximate surface area is 131 Å². The van der Waals surface area contributed by atoms with Gasteiger partial charge in [-0.15, -0.1) is 0 Å². The first-order chi connectivity index (χ1) is 10.0. The number of hydrogen-bond donors (Lipinski definition) is 1. The molecule has 0 saturated carbocycles. The minimum Gasteiger partial charge on any atom is -0.381 e. The molecule has 2 heterocycles. The fourth-order valence-electron chi connectivity index (χ4n) is 3.75. The van der Waals surface area contributed by atoms with E-state index in [9.17, 15) is 0 Å². The first-order valence-electron chi connectivity index (χ1n) is 8.68. The van der Waals surface area contributed by atoms with E-state index >= 15 is 0 Å². The van der Waals surface area contributed by atoms with Gasteiger partial charge < -0.3 is 19.9 Å². The quantitative estimate of drug-likeness (QED) is 0.773. The minimum absolute atomic E-state index is 0.319. The maximum absolute atomic E-state index is 5.75. The summed E-state index contributed by atoms with van der Waals surface area (Å²) in [5.74, 6) is 0.717. The van der Waals surface area contributed by atoms with Crippen molar-refractivity contribution in [2.45, 2.75) is 39.2 Å². The lowest BCUT2D eigenvalue weighted by atomic mass is 9.85. The molecule has 2 fully saturated rings.